The second-order valence-electron chi connectivity index (χ2n) is 6.00. The summed E-state index contributed by atoms with van der Waals surface area (Å²) in [4.78, 5) is 12.4. The lowest BCUT2D eigenvalue weighted by atomic mass is 10.2. The summed E-state index contributed by atoms with van der Waals surface area (Å²) in [5, 5.41) is 5.98. The summed E-state index contributed by atoms with van der Waals surface area (Å²) in [5.74, 6) is 0.756. The van der Waals surface area contributed by atoms with Crippen LogP contribution in [0.2, 0.25) is 0 Å². The second kappa shape index (κ2) is 9.08. The van der Waals surface area contributed by atoms with Crippen LogP contribution in [0.25, 0.3) is 0 Å². The Bertz CT molecular complexity index is 970. The Morgan fingerprint density at radius 3 is 2.59 bits per heavy atom. The maximum Gasteiger partial charge on any atom is 0.416 e. The van der Waals surface area contributed by atoms with Crippen LogP contribution in [0.1, 0.15) is 11.1 Å². The van der Waals surface area contributed by atoms with Gasteiger partial charge < -0.3 is 15.4 Å². The first kappa shape index (κ1) is 20.8. The molecule has 1 aromatic carbocycles. The summed E-state index contributed by atoms with van der Waals surface area (Å²) in [5.41, 5.74) is 0.459. The summed E-state index contributed by atoms with van der Waals surface area (Å²) >= 11 is 3.37. The van der Waals surface area contributed by atoms with Crippen LogP contribution >= 0.6 is 15.9 Å². The Morgan fingerprint density at radius 2 is 1.90 bits per heavy atom. The van der Waals surface area contributed by atoms with Gasteiger partial charge in [0.2, 0.25) is 5.95 Å². The molecule has 10 heteroatoms. The number of rotatable bonds is 7. The van der Waals surface area contributed by atoms with Gasteiger partial charge in [-0.3, -0.25) is 4.98 Å². The largest absolute Gasteiger partial charge is 0.497 e. The van der Waals surface area contributed by atoms with Crippen molar-refractivity contribution in [2.45, 2.75) is 12.6 Å². The maximum absolute atomic E-state index is 13.1. The molecule has 0 radical (unpaired) electrons. The number of alkyl halides is 3. The van der Waals surface area contributed by atoms with E-state index < -0.39 is 11.7 Å². The number of anilines is 3. The molecule has 0 bridgehead atoms. The van der Waals surface area contributed by atoms with Crippen LogP contribution in [-0.2, 0) is 12.6 Å². The Balaban J connectivity index is 1.74. The predicted octanol–water partition coefficient (Wildman–Crippen LogP) is 5.06. The van der Waals surface area contributed by atoms with Crippen molar-refractivity contribution in [3.05, 3.63) is 64.5 Å². The fourth-order valence-corrected chi connectivity index (χ4v) is 2.84. The molecule has 6 nitrogen and oxygen atoms in total. The highest BCUT2D eigenvalue weighted by Crippen LogP contribution is 2.34. The Labute approximate surface area is 173 Å². The van der Waals surface area contributed by atoms with Gasteiger partial charge in [0.25, 0.3) is 0 Å². The number of nitrogens with zero attached hydrogens (tertiary/aromatic N) is 3. The lowest BCUT2D eigenvalue weighted by Gasteiger charge is -2.13. The summed E-state index contributed by atoms with van der Waals surface area (Å²) in [6.07, 6.45) is 1.23. The molecular weight excluding hydrogens is 451 g/mol. The van der Waals surface area contributed by atoms with E-state index in [2.05, 4.69) is 41.5 Å². The molecule has 3 rings (SSSR count). The van der Waals surface area contributed by atoms with E-state index in [-0.39, 0.29) is 17.4 Å². The number of aromatic nitrogens is 3. The molecule has 0 aliphatic heterocycles. The normalized spacial score (nSPS) is 11.2. The van der Waals surface area contributed by atoms with E-state index >= 15 is 0 Å². The van der Waals surface area contributed by atoms with Crippen LogP contribution in [0.3, 0.4) is 0 Å². The number of nitrogens with one attached hydrogen (secondary N) is 2. The maximum atomic E-state index is 13.1. The summed E-state index contributed by atoms with van der Waals surface area (Å²) in [6, 6.07) is 7.19. The first-order chi connectivity index (χ1) is 13.8. The lowest BCUT2D eigenvalue weighted by molar-refractivity contribution is -0.137. The molecule has 0 saturated heterocycles. The highest BCUT2D eigenvalue weighted by molar-refractivity contribution is 9.10. The molecule has 0 aliphatic carbocycles. The number of hydrogen-bond acceptors (Lipinski definition) is 6. The first-order valence-electron chi connectivity index (χ1n) is 8.54. The molecule has 0 aliphatic rings. The summed E-state index contributed by atoms with van der Waals surface area (Å²) in [6.45, 7) is 0.608. The third-order valence-electron chi connectivity index (χ3n) is 3.93. The zero-order chi connectivity index (χ0) is 20.9. The van der Waals surface area contributed by atoms with Gasteiger partial charge in [-0.1, -0.05) is 0 Å². The molecule has 0 amide bonds. The number of halogens is 4. The average Bonchev–Trinajstić information content (AvgIpc) is 2.70. The Kier molecular flexibility index (Phi) is 6.53. The molecule has 0 atom stereocenters. The second-order valence-corrected chi connectivity index (χ2v) is 6.85. The summed E-state index contributed by atoms with van der Waals surface area (Å²) in [7, 11) is 1.31. The molecule has 29 heavy (non-hydrogen) atoms. The van der Waals surface area contributed by atoms with E-state index in [1.165, 1.54) is 19.4 Å². The van der Waals surface area contributed by atoms with Crippen LogP contribution in [-0.4, -0.2) is 28.6 Å². The van der Waals surface area contributed by atoms with Crippen LogP contribution in [0, 0.1) is 0 Å². The molecule has 0 fully saturated rings. The van der Waals surface area contributed by atoms with Gasteiger partial charge in [-0.25, -0.2) is 4.98 Å². The van der Waals surface area contributed by atoms with Gasteiger partial charge in [-0.15, -0.1) is 0 Å². The number of hydrogen-bond donors (Lipinski definition) is 2. The van der Waals surface area contributed by atoms with Crippen LogP contribution in [0.4, 0.5) is 30.6 Å². The quantitative estimate of drug-likeness (QED) is 0.505. The average molecular weight is 468 g/mol. The van der Waals surface area contributed by atoms with E-state index in [9.17, 15) is 13.2 Å². The van der Waals surface area contributed by atoms with Crippen LogP contribution in [0.15, 0.2) is 53.4 Å². The van der Waals surface area contributed by atoms with Crippen molar-refractivity contribution >= 4 is 33.4 Å². The van der Waals surface area contributed by atoms with Gasteiger partial charge in [-0.05, 0) is 52.2 Å². The lowest BCUT2D eigenvalue weighted by Crippen LogP contribution is -2.09. The molecule has 0 spiro atoms. The molecule has 3 aromatic rings. The van der Waals surface area contributed by atoms with E-state index in [0.29, 0.717) is 16.8 Å². The predicted molar refractivity (Wildman–Crippen MR) is 107 cm³/mol. The van der Waals surface area contributed by atoms with Crippen molar-refractivity contribution in [1.29, 1.82) is 0 Å². The van der Waals surface area contributed by atoms with Crippen molar-refractivity contribution < 1.29 is 17.9 Å². The van der Waals surface area contributed by atoms with Crippen molar-refractivity contribution in [2.75, 3.05) is 24.3 Å². The van der Waals surface area contributed by atoms with Crippen LogP contribution in [0.5, 0.6) is 5.75 Å². The van der Waals surface area contributed by atoms with Gasteiger partial charge in [0.1, 0.15) is 11.6 Å². The molecule has 2 N–H and O–H groups in total. The van der Waals surface area contributed by atoms with E-state index in [4.69, 9.17) is 4.74 Å². The van der Waals surface area contributed by atoms with Crippen molar-refractivity contribution in [2.24, 2.45) is 0 Å². The fraction of sp³-hybridized carbons (Fsp3) is 0.211. The Hall–Kier alpha value is -2.88. The fourth-order valence-electron chi connectivity index (χ4n) is 2.51. The zero-order valence-electron chi connectivity index (χ0n) is 15.3. The molecule has 0 saturated carbocycles. The van der Waals surface area contributed by atoms with Crippen molar-refractivity contribution in [3.63, 3.8) is 0 Å². The highest BCUT2D eigenvalue weighted by atomic mass is 79.9. The van der Waals surface area contributed by atoms with Crippen LogP contribution < -0.4 is 15.4 Å². The molecular formula is C19H17BrF3N5O. The van der Waals surface area contributed by atoms with Gasteiger partial charge in [0.15, 0.2) is 0 Å². The number of pyridine rings is 1. The topological polar surface area (TPSA) is 72.0 Å². The Morgan fingerprint density at radius 1 is 1.14 bits per heavy atom. The zero-order valence-corrected chi connectivity index (χ0v) is 16.9. The molecule has 0 unspecified atom stereocenters. The minimum absolute atomic E-state index is 0.0788. The molecule has 2 aromatic heterocycles. The van der Waals surface area contributed by atoms with Gasteiger partial charge >= 0.3 is 6.18 Å². The smallest absolute Gasteiger partial charge is 0.416 e. The van der Waals surface area contributed by atoms with E-state index in [1.807, 2.05) is 12.1 Å². The first-order valence-corrected chi connectivity index (χ1v) is 9.33. The van der Waals surface area contributed by atoms with E-state index in [1.54, 1.807) is 12.4 Å². The highest BCUT2D eigenvalue weighted by Gasteiger charge is 2.31. The number of methoxy groups -OCH3 is 1. The van der Waals surface area contributed by atoms with Crippen molar-refractivity contribution in [3.8, 4) is 5.75 Å². The van der Waals surface area contributed by atoms with E-state index in [0.717, 1.165) is 24.1 Å². The van der Waals surface area contributed by atoms with Gasteiger partial charge in [-0.2, -0.15) is 18.2 Å². The van der Waals surface area contributed by atoms with Gasteiger partial charge in [0.05, 0.1) is 17.1 Å². The number of ether oxygens (including phenoxy) is 1. The number of benzene rings is 1. The minimum atomic E-state index is -4.49. The monoisotopic (exact) mass is 467 g/mol. The third-order valence-corrected chi connectivity index (χ3v) is 4.51. The SMILES string of the molecule is COc1cc(Nc2ncc(Br)c(NCCc3ccncc3)n2)cc(C(F)(F)F)c1. The third kappa shape index (κ3) is 5.80. The van der Waals surface area contributed by atoms with Crippen molar-refractivity contribution in [1.82, 2.24) is 15.0 Å². The molecule has 2 heterocycles. The molecule has 152 valence electrons. The minimum Gasteiger partial charge on any atom is -0.497 e. The van der Waals surface area contributed by atoms with Gasteiger partial charge in [0, 0.05) is 36.9 Å². The standard InChI is InChI=1S/C19H17BrF3N5O/c1-29-15-9-13(19(21,22)23)8-14(10-15)27-18-26-11-16(20)17(28-18)25-7-4-12-2-5-24-6-3-12/h2-3,5-6,8-11H,4,7H2,1H3,(H2,25,26,27,28). The summed E-state index contributed by atoms with van der Waals surface area (Å²) < 4.78 is 44.9.